The van der Waals surface area contributed by atoms with E-state index in [1.807, 2.05) is 0 Å². The number of aldehydes is 1. The van der Waals surface area contributed by atoms with Gasteiger partial charge in [-0.15, -0.1) is 0 Å². The largest absolute Gasteiger partial charge is 0.398 e. The third-order valence-electron chi connectivity index (χ3n) is 1.91. The Morgan fingerprint density at radius 2 is 1.77 bits per heavy atom. The summed E-state index contributed by atoms with van der Waals surface area (Å²) in [5, 5.41) is 0. The molecule has 0 aromatic heterocycles. The lowest BCUT2D eigenvalue weighted by Crippen LogP contribution is -1.97. The van der Waals surface area contributed by atoms with Gasteiger partial charge in [-0.05, 0) is 11.6 Å². The lowest BCUT2D eigenvalue weighted by Gasteiger charge is -2.06. The van der Waals surface area contributed by atoms with Crippen LogP contribution >= 0.6 is 0 Å². The Balaban J connectivity index is 3.48. The average Bonchev–Trinajstić information content (AvgIpc) is 2.17. The van der Waals surface area contributed by atoms with Crippen molar-refractivity contribution in [1.82, 2.24) is 0 Å². The fourth-order valence-corrected chi connectivity index (χ4v) is 1.18. The normalized spacial score (nSPS) is 9.23. The fourth-order valence-electron chi connectivity index (χ4n) is 1.18. The van der Waals surface area contributed by atoms with Crippen LogP contribution in [0.5, 0.6) is 0 Å². The molecule has 0 unspecified atom stereocenters. The predicted molar refractivity (Wildman–Crippen MR) is 56.4 cm³/mol. The first-order chi connectivity index (χ1) is 6.24. The van der Waals surface area contributed by atoms with Crippen LogP contribution in [0, 0.1) is 0 Å². The summed E-state index contributed by atoms with van der Waals surface area (Å²) in [5.74, 6) is 0. The number of rotatable bonds is 3. The van der Waals surface area contributed by atoms with Gasteiger partial charge in [-0.3, -0.25) is 4.79 Å². The van der Waals surface area contributed by atoms with Crippen LogP contribution in [-0.2, 0) is 0 Å². The van der Waals surface area contributed by atoms with Crippen LogP contribution in [0.25, 0.3) is 12.2 Å². The molecule has 0 aliphatic carbocycles. The van der Waals surface area contributed by atoms with Crippen LogP contribution in [0.4, 0.5) is 5.69 Å². The van der Waals surface area contributed by atoms with Crippen molar-refractivity contribution >= 4 is 24.1 Å². The number of anilines is 1. The van der Waals surface area contributed by atoms with E-state index in [0.29, 0.717) is 11.3 Å². The van der Waals surface area contributed by atoms with Crippen molar-refractivity contribution in [2.45, 2.75) is 0 Å². The third-order valence-corrected chi connectivity index (χ3v) is 1.91. The highest BCUT2D eigenvalue weighted by atomic mass is 16.1. The SMILES string of the molecule is C=Cc1ccc(C=O)c(N)c1C=C. The Morgan fingerprint density at radius 1 is 1.15 bits per heavy atom. The minimum Gasteiger partial charge on any atom is -0.398 e. The molecular formula is C11H11NO. The van der Waals surface area contributed by atoms with Crippen molar-refractivity contribution in [2.75, 3.05) is 5.73 Å². The molecule has 0 saturated heterocycles. The van der Waals surface area contributed by atoms with Crippen molar-refractivity contribution in [1.29, 1.82) is 0 Å². The van der Waals surface area contributed by atoms with Gasteiger partial charge in [0.1, 0.15) is 0 Å². The molecule has 0 bridgehead atoms. The van der Waals surface area contributed by atoms with Crippen molar-refractivity contribution in [3.63, 3.8) is 0 Å². The van der Waals surface area contributed by atoms with Gasteiger partial charge in [-0.2, -0.15) is 0 Å². The molecule has 0 spiro atoms. The smallest absolute Gasteiger partial charge is 0.152 e. The summed E-state index contributed by atoms with van der Waals surface area (Å²) in [6.45, 7) is 7.28. The number of benzene rings is 1. The molecule has 2 heteroatoms. The molecule has 0 fully saturated rings. The molecule has 1 aromatic rings. The van der Waals surface area contributed by atoms with Crippen molar-refractivity contribution in [2.24, 2.45) is 0 Å². The van der Waals surface area contributed by atoms with E-state index < -0.39 is 0 Å². The highest BCUT2D eigenvalue weighted by molar-refractivity contribution is 5.89. The number of nitrogen functional groups attached to an aromatic ring is 1. The number of carbonyl (C=O) groups is 1. The van der Waals surface area contributed by atoms with Crippen molar-refractivity contribution < 1.29 is 4.79 Å². The molecule has 0 radical (unpaired) electrons. The third kappa shape index (κ3) is 1.51. The lowest BCUT2D eigenvalue weighted by atomic mass is 10.0. The monoisotopic (exact) mass is 173 g/mol. The van der Waals surface area contributed by atoms with E-state index in [1.165, 1.54) is 0 Å². The van der Waals surface area contributed by atoms with E-state index in [9.17, 15) is 4.79 Å². The first kappa shape index (κ1) is 9.26. The molecule has 2 nitrogen and oxygen atoms in total. The van der Waals surface area contributed by atoms with E-state index in [2.05, 4.69) is 13.2 Å². The molecule has 0 amide bonds. The Bertz CT molecular complexity index is 367. The quantitative estimate of drug-likeness (QED) is 0.563. The Morgan fingerprint density at radius 3 is 2.23 bits per heavy atom. The van der Waals surface area contributed by atoms with Crippen LogP contribution in [0.2, 0.25) is 0 Å². The van der Waals surface area contributed by atoms with Crippen LogP contribution < -0.4 is 5.73 Å². The molecule has 1 aromatic carbocycles. The lowest BCUT2D eigenvalue weighted by molar-refractivity contribution is 0.112. The summed E-state index contributed by atoms with van der Waals surface area (Å²) in [6.07, 6.45) is 4.04. The number of carbonyl (C=O) groups excluding carboxylic acids is 1. The van der Waals surface area contributed by atoms with E-state index >= 15 is 0 Å². The van der Waals surface area contributed by atoms with Gasteiger partial charge in [0, 0.05) is 16.8 Å². The Hall–Kier alpha value is -1.83. The molecule has 1 rings (SSSR count). The standard InChI is InChI=1S/C11H11NO/c1-3-8-5-6-9(7-13)11(12)10(8)4-2/h3-7H,1-2,12H2. The van der Waals surface area contributed by atoms with E-state index in [-0.39, 0.29) is 0 Å². The number of hydrogen-bond donors (Lipinski definition) is 1. The van der Waals surface area contributed by atoms with Gasteiger partial charge in [0.25, 0.3) is 0 Å². The average molecular weight is 173 g/mol. The molecular weight excluding hydrogens is 162 g/mol. The number of nitrogens with two attached hydrogens (primary N) is 1. The molecule has 13 heavy (non-hydrogen) atoms. The van der Waals surface area contributed by atoms with Crippen LogP contribution in [0.1, 0.15) is 21.5 Å². The highest BCUT2D eigenvalue weighted by Gasteiger charge is 2.04. The van der Waals surface area contributed by atoms with Gasteiger partial charge >= 0.3 is 0 Å². The fraction of sp³-hybridized carbons (Fsp3) is 0. The van der Waals surface area contributed by atoms with E-state index in [4.69, 9.17) is 5.73 Å². The molecule has 2 N–H and O–H groups in total. The van der Waals surface area contributed by atoms with E-state index in [1.54, 1.807) is 24.3 Å². The zero-order chi connectivity index (χ0) is 9.84. The van der Waals surface area contributed by atoms with Gasteiger partial charge in [0.15, 0.2) is 6.29 Å². The zero-order valence-corrected chi connectivity index (χ0v) is 7.29. The summed E-state index contributed by atoms with van der Waals surface area (Å²) in [6, 6.07) is 3.47. The molecule has 0 aliphatic heterocycles. The van der Waals surface area contributed by atoms with Gasteiger partial charge in [-0.1, -0.05) is 31.4 Å². The summed E-state index contributed by atoms with van der Waals surface area (Å²) in [5.41, 5.74) is 8.33. The molecule has 0 aliphatic rings. The van der Waals surface area contributed by atoms with Crippen LogP contribution in [0.3, 0.4) is 0 Å². The summed E-state index contributed by atoms with van der Waals surface area (Å²) < 4.78 is 0. The first-order valence-electron chi connectivity index (χ1n) is 3.87. The maximum absolute atomic E-state index is 10.6. The maximum atomic E-state index is 10.6. The summed E-state index contributed by atoms with van der Waals surface area (Å²) in [7, 11) is 0. The summed E-state index contributed by atoms with van der Waals surface area (Å²) >= 11 is 0. The van der Waals surface area contributed by atoms with Gasteiger partial charge in [-0.25, -0.2) is 0 Å². The highest BCUT2D eigenvalue weighted by Crippen LogP contribution is 2.22. The van der Waals surface area contributed by atoms with Gasteiger partial charge in [0.2, 0.25) is 0 Å². The molecule has 0 heterocycles. The molecule has 0 saturated carbocycles. The first-order valence-corrected chi connectivity index (χ1v) is 3.87. The minimum absolute atomic E-state index is 0.461. The van der Waals surface area contributed by atoms with Crippen molar-refractivity contribution in [3.05, 3.63) is 42.0 Å². The minimum atomic E-state index is 0.461. The second-order valence-corrected chi connectivity index (χ2v) is 2.60. The summed E-state index contributed by atoms with van der Waals surface area (Å²) in [4.78, 5) is 10.6. The van der Waals surface area contributed by atoms with Crippen LogP contribution in [-0.4, -0.2) is 6.29 Å². The van der Waals surface area contributed by atoms with E-state index in [0.717, 1.165) is 17.4 Å². The number of hydrogen-bond acceptors (Lipinski definition) is 2. The molecule has 66 valence electrons. The maximum Gasteiger partial charge on any atom is 0.152 e. The topological polar surface area (TPSA) is 43.1 Å². The van der Waals surface area contributed by atoms with Gasteiger partial charge in [0.05, 0.1) is 0 Å². The van der Waals surface area contributed by atoms with Crippen LogP contribution in [0.15, 0.2) is 25.3 Å². The second kappa shape index (κ2) is 3.72. The predicted octanol–water partition coefficient (Wildman–Crippen LogP) is 2.37. The zero-order valence-electron chi connectivity index (χ0n) is 7.29. The molecule has 0 atom stereocenters. The second-order valence-electron chi connectivity index (χ2n) is 2.60. The Kier molecular flexibility index (Phi) is 2.65. The van der Waals surface area contributed by atoms with Gasteiger partial charge < -0.3 is 5.73 Å². The Labute approximate surface area is 77.4 Å². The van der Waals surface area contributed by atoms with Crippen molar-refractivity contribution in [3.8, 4) is 0 Å².